The number of hydrogen-bond donors (Lipinski definition) is 0. The molecule has 0 bridgehead atoms. The molecule has 2 aliphatic heterocycles. The fourth-order valence-corrected chi connectivity index (χ4v) is 4.99. The molecule has 0 saturated carbocycles. The Morgan fingerprint density at radius 3 is 2.57 bits per heavy atom. The number of amidine groups is 1. The van der Waals surface area contributed by atoms with Gasteiger partial charge in [0.1, 0.15) is 23.0 Å². The number of piperazine rings is 1. The van der Waals surface area contributed by atoms with Crippen LogP contribution in [0.1, 0.15) is 37.3 Å². The van der Waals surface area contributed by atoms with Gasteiger partial charge in [0.15, 0.2) is 5.75 Å². The Kier molecular flexibility index (Phi) is 6.45. The lowest BCUT2D eigenvalue weighted by Crippen LogP contribution is -2.56. The summed E-state index contributed by atoms with van der Waals surface area (Å²) in [5.41, 5.74) is 2.76. The topological polar surface area (TPSA) is 54.4 Å². The second kappa shape index (κ2) is 9.82. The predicted molar refractivity (Wildman–Crippen MR) is 138 cm³/mol. The molecule has 0 aliphatic carbocycles. The van der Waals surface area contributed by atoms with Crippen molar-refractivity contribution in [1.29, 1.82) is 0 Å². The van der Waals surface area contributed by atoms with Crippen LogP contribution in [0.5, 0.6) is 17.2 Å². The average molecular weight is 470 g/mol. The van der Waals surface area contributed by atoms with Gasteiger partial charge in [0.05, 0.1) is 18.6 Å². The minimum atomic E-state index is -0.120. The zero-order chi connectivity index (χ0) is 24.4. The molecule has 2 heterocycles. The van der Waals surface area contributed by atoms with Crippen molar-refractivity contribution < 1.29 is 14.3 Å². The Morgan fingerprint density at radius 2 is 1.83 bits per heavy atom. The van der Waals surface area contributed by atoms with Gasteiger partial charge >= 0.3 is 0 Å². The van der Waals surface area contributed by atoms with Crippen molar-refractivity contribution >= 4 is 17.4 Å². The molecule has 35 heavy (non-hydrogen) atoms. The van der Waals surface area contributed by atoms with Gasteiger partial charge in [-0.25, -0.2) is 4.99 Å². The molecule has 1 fully saturated rings. The van der Waals surface area contributed by atoms with Crippen LogP contribution in [0.3, 0.4) is 0 Å². The van der Waals surface area contributed by atoms with Gasteiger partial charge in [-0.2, -0.15) is 0 Å². The first kappa shape index (κ1) is 23.0. The van der Waals surface area contributed by atoms with Crippen LogP contribution in [-0.4, -0.2) is 54.3 Å². The third-order valence-corrected chi connectivity index (χ3v) is 6.86. The van der Waals surface area contributed by atoms with E-state index in [0.29, 0.717) is 19.6 Å². The Bertz CT molecular complexity index is 1240. The Morgan fingerprint density at radius 1 is 1.06 bits per heavy atom. The van der Waals surface area contributed by atoms with Gasteiger partial charge in [0.2, 0.25) is 5.91 Å². The first-order valence-electron chi connectivity index (χ1n) is 12.2. The average Bonchev–Trinajstić information content (AvgIpc) is 3.06. The van der Waals surface area contributed by atoms with Gasteiger partial charge in [0.25, 0.3) is 0 Å². The highest BCUT2D eigenvalue weighted by atomic mass is 16.5. The van der Waals surface area contributed by atoms with E-state index in [4.69, 9.17) is 14.5 Å². The quantitative estimate of drug-likeness (QED) is 0.499. The molecule has 0 N–H and O–H groups in total. The monoisotopic (exact) mass is 469 g/mol. The molecular formula is C29H31N3O3. The molecule has 2 aliphatic rings. The molecule has 6 nitrogen and oxygen atoms in total. The Hall–Kier alpha value is -3.80. The third kappa shape index (κ3) is 4.48. The number of hydrogen-bond acceptors (Lipinski definition) is 5. The zero-order valence-corrected chi connectivity index (χ0v) is 20.5. The molecule has 6 heteroatoms. The zero-order valence-electron chi connectivity index (χ0n) is 20.5. The van der Waals surface area contributed by atoms with Crippen molar-refractivity contribution in [2.45, 2.75) is 32.2 Å². The van der Waals surface area contributed by atoms with Crippen LogP contribution in [0.15, 0.2) is 77.8 Å². The van der Waals surface area contributed by atoms with Crippen molar-refractivity contribution in [3.05, 3.63) is 83.9 Å². The van der Waals surface area contributed by atoms with Crippen molar-refractivity contribution in [3.8, 4) is 17.2 Å². The lowest BCUT2D eigenvalue weighted by atomic mass is 9.94. The molecule has 0 aromatic heterocycles. The number of nitrogens with zero attached hydrogens (tertiary/aromatic N) is 3. The first-order valence-corrected chi connectivity index (χ1v) is 12.2. The number of carbonyl (C=O) groups excluding carboxylic acids is 1. The molecular weight excluding hydrogens is 438 g/mol. The van der Waals surface area contributed by atoms with E-state index in [-0.39, 0.29) is 17.9 Å². The molecule has 2 atom stereocenters. The maximum Gasteiger partial charge on any atom is 0.230 e. The number of para-hydroxylation sites is 2. The van der Waals surface area contributed by atoms with E-state index in [2.05, 4.69) is 30.9 Å². The minimum Gasteiger partial charge on any atom is -0.497 e. The molecule has 180 valence electrons. The maximum atomic E-state index is 13.6. The summed E-state index contributed by atoms with van der Waals surface area (Å²) in [6, 6.07) is 23.8. The normalized spacial score (nSPS) is 17.9. The molecule has 5 rings (SSSR count). The standard InChI is InChI=1S/C29H31N3O3/c1-4-23(21-10-6-5-7-11-21)29(33)32-17-16-31(19-20(32)2)28-24-18-22(34-3)14-15-26(24)35-27-13-9-8-12-25(27)30-28/h5-15,18,20,23H,4,16-17,19H2,1-3H3/t20-,23+/m0/s1. The Balaban J connectivity index is 1.43. The molecule has 1 saturated heterocycles. The number of fused-ring (bicyclic) bond motifs is 2. The molecule has 3 aromatic carbocycles. The number of ether oxygens (including phenoxy) is 2. The van der Waals surface area contributed by atoms with Crippen LogP contribution in [0.25, 0.3) is 0 Å². The van der Waals surface area contributed by atoms with Crippen LogP contribution in [-0.2, 0) is 4.79 Å². The van der Waals surface area contributed by atoms with Gasteiger partial charge in [-0.1, -0.05) is 49.4 Å². The molecule has 0 radical (unpaired) electrons. The highest BCUT2D eigenvalue weighted by molar-refractivity contribution is 6.04. The van der Waals surface area contributed by atoms with Crippen molar-refractivity contribution in [1.82, 2.24) is 9.80 Å². The van der Waals surface area contributed by atoms with E-state index < -0.39 is 0 Å². The van der Waals surface area contributed by atoms with E-state index >= 15 is 0 Å². The summed E-state index contributed by atoms with van der Waals surface area (Å²) in [4.78, 5) is 22.9. The van der Waals surface area contributed by atoms with Gasteiger partial charge in [-0.3, -0.25) is 4.79 Å². The van der Waals surface area contributed by atoms with Crippen LogP contribution in [0, 0.1) is 0 Å². The minimum absolute atomic E-state index is 0.0465. The maximum absolute atomic E-state index is 13.6. The second-order valence-electron chi connectivity index (χ2n) is 9.07. The van der Waals surface area contributed by atoms with Gasteiger partial charge in [-0.05, 0) is 49.2 Å². The largest absolute Gasteiger partial charge is 0.497 e. The van der Waals surface area contributed by atoms with Crippen LogP contribution < -0.4 is 9.47 Å². The fourth-order valence-electron chi connectivity index (χ4n) is 4.99. The third-order valence-electron chi connectivity index (χ3n) is 6.86. The second-order valence-corrected chi connectivity index (χ2v) is 9.07. The SMILES string of the molecule is CC[C@@H](C(=O)N1CCN(C2=Nc3ccccc3Oc3ccc(OC)cc32)C[C@@H]1C)c1ccccc1. The van der Waals surface area contributed by atoms with Gasteiger partial charge in [-0.15, -0.1) is 0 Å². The van der Waals surface area contributed by atoms with Crippen LogP contribution in [0.4, 0.5) is 5.69 Å². The molecule has 0 spiro atoms. The summed E-state index contributed by atoms with van der Waals surface area (Å²) in [5, 5.41) is 0. The van der Waals surface area contributed by atoms with Crippen LogP contribution >= 0.6 is 0 Å². The van der Waals surface area contributed by atoms with E-state index in [0.717, 1.165) is 46.3 Å². The molecule has 0 unspecified atom stereocenters. The smallest absolute Gasteiger partial charge is 0.230 e. The lowest BCUT2D eigenvalue weighted by molar-refractivity contribution is -0.136. The lowest BCUT2D eigenvalue weighted by Gasteiger charge is -2.42. The number of carbonyl (C=O) groups is 1. The number of benzene rings is 3. The van der Waals surface area contributed by atoms with Crippen molar-refractivity contribution in [2.24, 2.45) is 4.99 Å². The predicted octanol–water partition coefficient (Wildman–Crippen LogP) is 5.61. The number of amides is 1. The highest BCUT2D eigenvalue weighted by Crippen LogP contribution is 2.39. The summed E-state index contributed by atoms with van der Waals surface area (Å²) in [7, 11) is 1.66. The summed E-state index contributed by atoms with van der Waals surface area (Å²) < 4.78 is 11.7. The van der Waals surface area contributed by atoms with Crippen molar-refractivity contribution in [2.75, 3.05) is 26.7 Å². The summed E-state index contributed by atoms with van der Waals surface area (Å²) in [6.45, 7) is 6.23. The fraction of sp³-hybridized carbons (Fsp3) is 0.310. The number of methoxy groups -OCH3 is 1. The number of rotatable bonds is 4. The van der Waals surface area contributed by atoms with Crippen LogP contribution in [0.2, 0.25) is 0 Å². The van der Waals surface area contributed by atoms with E-state index in [1.165, 1.54) is 0 Å². The Labute approximate surface area is 206 Å². The van der Waals surface area contributed by atoms with Gasteiger partial charge < -0.3 is 19.3 Å². The first-order chi connectivity index (χ1) is 17.1. The van der Waals surface area contributed by atoms with E-state index in [1.807, 2.05) is 65.6 Å². The van der Waals surface area contributed by atoms with Crippen molar-refractivity contribution in [3.63, 3.8) is 0 Å². The number of aliphatic imine (C=N–C) groups is 1. The van der Waals surface area contributed by atoms with Gasteiger partial charge in [0, 0.05) is 25.7 Å². The molecule has 1 amide bonds. The van der Waals surface area contributed by atoms with E-state index in [1.54, 1.807) is 7.11 Å². The summed E-state index contributed by atoms with van der Waals surface area (Å²) in [6.07, 6.45) is 0.782. The van der Waals surface area contributed by atoms with E-state index in [9.17, 15) is 4.79 Å². The summed E-state index contributed by atoms with van der Waals surface area (Å²) in [5.74, 6) is 3.15. The molecule has 3 aromatic rings. The highest BCUT2D eigenvalue weighted by Gasteiger charge is 2.34. The summed E-state index contributed by atoms with van der Waals surface area (Å²) >= 11 is 0.